The average Bonchev–Trinajstić information content (AvgIpc) is 2.36. The Morgan fingerprint density at radius 1 is 1.00 bits per heavy atom. The van der Waals surface area contributed by atoms with Gasteiger partial charge in [-0.2, -0.15) is 0 Å². The van der Waals surface area contributed by atoms with Gasteiger partial charge in [0.15, 0.2) is 0 Å². The minimum Gasteiger partial charge on any atom is -0.465 e. The van der Waals surface area contributed by atoms with E-state index in [1.807, 2.05) is 0 Å². The number of esters is 1. The standard InChI is InChI=1S/C16H33O4P/c1-12(2)8-10-19-14(5)21(18)16(6,7)15(17)20-11-9-13(3)4/h12-14,21H,8-11H2,1-7H3. The Labute approximate surface area is 130 Å². The van der Waals surface area contributed by atoms with Gasteiger partial charge in [-0.3, -0.25) is 4.79 Å². The van der Waals surface area contributed by atoms with Gasteiger partial charge in [-0.05, 0) is 45.4 Å². The minimum absolute atomic E-state index is 0.383. The third-order valence-electron chi connectivity index (χ3n) is 3.49. The molecule has 0 aromatic carbocycles. The molecule has 0 aliphatic rings. The van der Waals surface area contributed by atoms with E-state index >= 15 is 0 Å². The number of hydrogen-bond donors (Lipinski definition) is 0. The van der Waals surface area contributed by atoms with Crippen molar-refractivity contribution in [2.75, 3.05) is 13.2 Å². The van der Waals surface area contributed by atoms with Crippen LogP contribution in [-0.2, 0) is 18.8 Å². The van der Waals surface area contributed by atoms with Crippen LogP contribution in [0.25, 0.3) is 0 Å². The van der Waals surface area contributed by atoms with Gasteiger partial charge in [-0.1, -0.05) is 27.7 Å². The van der Waals surface area contributed by atoms with E-state index in [4.69, 9.17) is 9.47 Å². The van der Waals surface area contributed by atoms with Crippen LogP contribution < -0.4 is 0 Å². The molecule has 0 rings (SSSR count). The Hall–Kier alpha value is -0.340. The van der Waals surface area contributed by atoms with Gasteiger partial charge in [0.05, 0.1) is 6.61 Å². The average molecular weight is 320 g/mol. The summed E-state index contributed by atoms with van der Waals surface area (Å²) in [4.78, 5) is 12.1. The van der Waals surface area contributed by atoms with Crippen LogP contribution in [0.3, 0.4) is 0 Å². The SMILES string of the molecule is CC(C)CCOC(=O)C(C)(C)[PH](=O)C(C)OCCC(C)C. The van der Waals surface area contributed by atoms with Crippen LogP contribution in [-0.4, -0.2) is 30.2 Å². The fraction of sp³-hybridized carbons (Fsp3) is 0.938. The van der Waals surface area contributed by atoms with Crippen LogP contribution >= 0.6 is 7.80 Å². The predicted molar refractivity (Wildman–Crippen MR) is 88.4 cm³/mol. The molecule has 0 bridgehead atoms. The summed E-state index contributed by atoms with van der Waals surface area (Å²) >= 11 is 0. The first-order valence-corrected chi connectivity index (χ1v) is 9.40. The first kappa shape index (κ1) is 20.7. The van der Waals surface area contributed by atoms with E-state index < -0.39 is 18.8 Å². The number of ether oxygens (including phenoxy) is 2. The van der Waals surface area contributed by atoms with Gasteiger partial charge in [-0.15, -0.1) is 0 Å². The third kappa shape index (κ3) is 8.01. The monoisotopic (exact) mass is 320 g/mol. The summed E-state index contributed by atoms with van der Waals surface area (Å²) < 4.78 is 23.4. The van der Waals surface area contributed by atoms with E-state index in [-0.39, 0.29) is 5.97 Å². The van der Waals surface area contributed by atoms with Crippen molar-refractivity contribution in [3.63, 3.8) is 0 Å². The molecule has 0 aliphatic heterocycles. The van der Waals surface area contributed by atoms with Crippen molar-refractivity contribution in [1.29, 1.82) is 0 Å². The molecule has 0 N–H and O–H groups in total. The van der Waals surface area contributed by atoms with E-state index in [0.717, 1.165) is 12.8 Å². The van der Waals surface area contributed by atoms with Crippen molar-refractivity contribution in [3.8, 4) is 0 Å². The molecule has 2 unspecified atom stereocenters. The second-order valence-electron chi connectivity index (χ2n) is 7.00. The van der Waals surface area contributed by atoms with E-state index in [1.165, 1.54) is 0 Å². The number of rotatable bonds is 10. The Morgan fingerprint density at radius 3 is 1.95 bits per heavy atom. The highest BCUT2D eigenvalue weighted by molar-refractivity contribution is 7.48. The quantitative estimate of drug-likeness (QED) is 0.444. The Morgan fingerprint density at radius 2 is 1.48 bits per heavy atom. The van der Waals surface area contributed by atoms with E-state index in [2.05, 4.69) is 27.7 Å². The normalized spacial score (nSPS) is 15.3. The predicted octanol–water partition coefficient (Wildman–Crippen LogP) is 4.32. The highest BCUT2D eigenvalue weighted by Crippen LogP contribution is 2.44. The molecule has 0 aromatic heterocycles. The van der Waals surface area contributed by atoms with Gasteiger partial charge in [0.1, 0.15) is 18.8 Å². The second-order valence-corrected chi connectivity index (χ2v) is 9.79. The molecule has 0 radical (unpaired) electrons. The summed E-state index contributed by atoms with van der Waals surface area (Å²) in [6.45, 7) is 14.5. The number of carbonyl (C=O) groups excluding carboxylic acids is 1. The first-order chi connectivity index (χ1) is 9.59. The second kappa shape index (κ2) is 9.63. The zero-order valence-electron chi connectivity index (χ0n) is 14.7. The summed E-state index contributed by atoms with van der Waals surface area (Å²) in [5.41, 5.74) is 0. The maximum Gasteiger partial charge on any atom is 0.318 e. The summed E-state index contributed by atoms with van der Waals surface area (Å²) in [7, 11) is -2.24. The molecule has 0 fully saturated rings. The fourth-order valence-electron chi connectivity index (χ4n) is 1.73. The number of carbonyl (C=O) groups is 1. The Kier molecular flexibility index (Phi) is 9.48. The van der Waals surface area contributed by atoms with Crippen LogP contribution in [0.15, 0.2) is 0 Å². The highest BCUT2D eigenvalue weighted by Gasteiger charge is 2.39. The van der Waals surface area contributed by atoms with Crippen molar-refractivity contribution in [1.82, 2.24) is 0 Å². The lowest BCUT2D eigenvalue weighted by molar-refractivity contribution is -0.146. The molecule has 5 heteroatoms. The van der Waals surface area contributed by atoms with Gasteiger partial charge in [0, 0.05) is 6.61 Å². The Balaban J connectivity index is 4.38. The summed E-state index contributed by atoms with van der Waals surface area (Å²) in [6, 6.07) is 0. The molecule has 0 spiro atoms. The van der Waals surface area contributed by atoms with Crippen molar-refractivity contribution >= 4 is 13.8 Å². The lowest BCUT2D eigenvalue weighted by atomic mass is 10.1. The summed E-state index contributed by atoms with van der Waals surface area (Å²) in [6.07, 6.45) is 1.75. The van der Waals surface area contributed by atoms with Crippen molar-refractivity contribution in [3.05, 3.63) is 0 Å². The smallest absolute Gasteiger partial charge is 0.318 e. The Bertz CT molecular complexity index is 337. The van der Waals surface area contributed by atoms with Crippen LogP contribution in [0.4, 0.5) is 0 Å². The molecular weight excluding hydrogens is 287 g/mol. The molecule has 0 amide bonds. The molecule has 21 heavy (non-hydrogen) atoms. The molecule has 0 aliphatic carbocycles. The third-order valence-corrected chi connectivity index (χ3v) is 5.83. The van der Waals surface area contributed by atoms with E-state index in [1.54, 1.807) is 20.8 Å². The molecule has 126 valence electrons. The van der Waals surface area contributed by atoms with Crippen molar-refractivity contribution < 1.29 is 18.8 Å². The summed E-state index contributed by atoms with van der Waals surface area (Å²) in [5, 5.41) is -0.973. The molecule has 0 aromatic rings. The van der Waals surface area contributed by atoms with E-state index in [0.29, 0.717) is 25.0 Å². The topological polar surface area (TPSA) is 52.6 Å². The first-order valence-electron chi connectivity index (χ1n) is 7.92. The van der Waals surface area contributed by atoms with Gasteiger partial charge in [0.2, 0.25) is 0 Å². The summed E-state index contributed by atoms with van der Waals surface area (Å²) in [5.74, 6) is 0.248. The number of hydrogen-bond acceptors (Lipinski definition) is 4. The minimum atomic E-state index is -2.24. The van der Waals surface area contributed by atoms with Gasteiger partial charge < -0.3 is 14.0 Å². The van der Waals surface area contributed by atoms with Crippen molar-refractivity contribution in [2.45, 2.75) is 72.3 Å². The van der Waals surface area contributed by atoms with Gasteiger partial charge in [0.25, 0.3) is 0 Å². The molecule has 0 saturated carbocycles. The molecule has 4 nitrogen and oxygen atoms in total. The maximum atomic E-state index is 12.5. The largest absolute Gasteiger partial charge is 0.465 e. The molecule has 0 heterocycles. The molecule has 2 atom stereocenters. The zero-order valence-corrected chi connectivity index (χ0v) is 15.7. The molecular formula is C16H33O4P. The van der Waals surface area contributed by atoms with Crippen LogP contribution in [0.5, 0.6) is 0 Å². The van der Waals surface area contributed by atoms with Crippen LogP contribution in [0.1, 0.15) is 61.3 Å². The fourth-order valence-corrected chi connectivity index (χ4v) is 3.29. The van der Waals surface area contributed by atoms with Crippen LogP contribution in [0.2, 0.25) is 0 Å². The van der Waals surface area contributed by atoms with Gasteiger partial charge in [-0.25, -0.2) is 0 Å². The zero-order chi connectivity index (χ0) is 16.6. The van der Waals surface area contributed by atoms with Crippen molar-refractivity contribution in [2.24, 2.45) is 11.8 Å². The molecule has 0 saturated heterocycles. The maximum absolute atomic E-state index is 12.5. The van der Waals surface area contributed by atoms with Gasteiger partial charge >= 0.3 is 5.97 Å². The highest BCUT2D eigenvalue weighted by atomic mass is 31.1. The van der Waals surface area contributed by atoms with E-state index in [9.17, 15) is 9.36 Å². The lowest BCUT2D eigenvalue weighted by Gasteiger charge is -2.26. The lowest BCUT2D eigenvalue weighted by Crippen LogP contribution is -2.33. The van der Waals surface area contributed by atoms with Crippen LogP contribution in [0, 0.1) is 11.8 Å².